The number of hydrogen-bond donors (Lipinski definition) is 0. The van der Waals surface area contributed by atoms with Crippen molar-refractivity contribution in [3.05, 3.63) is 0 Å². The Labute approximate surface area is 135 Å². The molecule has 22 heavy (non-hydrogen) atoms. The normalized spacial score (nSPS) is 44.7. The second-order valence-electron chi connectivity index (χ2n) is 8.82. The zero-order chi connectivity index (χ0) is 15.2. The molecule has 0 aromatic rings. The Bertz CT molecular complexity index is 391. The fourth-order valence-corrected chi connectivity index (χ4v) is 5.83. The standard InChI is InChI=1S/C19H33NO2/c1-19(2)15-7-6-14(10-15)17(19)11-18-21-13-16(22-18)12-20-8-4-3-5-9-20/h14-18H,3-13H2,1-2H3/t14-,15-,16+,17-,18-/m1/s1. The van der Waals surface area contributed by atoms with Crippen molar-refractivity contribution in [3.63, 3.8) is 0 Å². The molecule has 2 saturated heterocycles. The van der Waals surface area contributed by atoms with E-state index in [0.717, 1.165) is 37.3 Å². The van der Waals surface area contributed by atoms with Gasteiger partial charge in [-0.3, -0.25) is 0 Å². The van der Waals surface area contributed by atoms with Crippen LogP contribution >= 0.6 is 0 Å². The van der Waals surface area contributed by atoms with Gasteiger partial charge in [-0.2, -0.15) is 0 Å². The summed E-state index contributed by atoms with van der Waals surface area (Å²) in [6.45, 7) is 9.37. The quantitative estimate of drug-likeness (QED) is 0.791. The largest absolute Gasteiger partial charge is 0.350 e. The Hall–Kier alpha value is -0.120. The van der Waals surface area contributed by atoms with Gasteiger partial charge in [0, 0.05) is 13.0 Å². The van der Waals surface area contributed by atoms with E-state index in [4.69, 9.17) is 9.47 Å². The van der Waals surface area contributed by atoms with Crippen LogP contribution in [-0.2, 0) is 9.47 Å². The Morgan fingerprint density at radius 1 is 1.09 bits per heavy atom. The van der Waals surface area contributed by atoms with Crippen molar-refractivity contribution in [1.82, 2.24) is 4.90 Å². The molecular weight excluding hydrogens is 274 g/mol. The molecule has 2 aliphatic heterocycles. The molecule has 0 amide bonds. The molecule has 0 unspecified atom stereocenters. The lowest BCUT2D eigenvalue weighted by molar-refractivity contribution is -0.0909. The van der Waals surface area contributed by atoms with Gasteiger partial charge in [0.25, 0.3) is 0 Å². The summed E-state index contributed by atoms with van der Waals surface area (Å²) in [4.78, 5) is 2.57. The van der Waals surface area contributed by atoms with Crippen LogP contribution in [0.25, 0.3) is 0 Å². The SMILES string of the molecule is CC1(C)[C@@H]2CC[C@H](C2)[C@H]1C[C@@H]1OC[C@H](CN2CCCCC2)O1. The molecule has 0 aromatic carbocycles. The van der Waals surface area contributed by atoms with E-state index in [0.29, 0.717) is 11.5 Å². The van der Waals surface area contributed by atoms with Crippen LogP contribution in [0, 0.1) is 23.2 Å². The number of rotatable bonds is 4. The third-order valence-corrected chi connectivity index (χ3v) is 7.22. The minimum Gasteiger partial charge on any atom is -0.350 e. The fraction of sp³-hybridized carbons (Fsp3) is 1.00. The van der Waals surface area contributed by atoms with E-state index in [1.54, 1.807) is 0 Å². The first-order valence-electron chi connectivity index (χ1n) is 9.62. The summed E-state index contributed by atoms with van der Waals surface area (Å²) >= 11 is 0. The van der Waals surface area contributed by atoms with Crippen LogP contribution in [0.15, 0.2) is 0 Å². The summed E-state index contributed by atoms with van der Waals surface area (Å²) in [5.41, 5.74) is 0.501. The van der Waals surface area contributed by atoms with Gasteiger partial charge in [-0.05, 0) is 68.4 Å². The molecule has 4 aliphatic rings. The molecule has 2 aliphatic carbocycles. The predicted octanol–water partition coefficient (Wildman–Crippen LogP) is 3.68. The van der Waals surface area contributed by atoms with Crippen LogP contribution in [0.4, 0.5) is 0 Å². The van der Waals surface area contributed by atoms with Gasteiger partial charge in [0.15, 0.2) is 6.29 Å². The number of nitrogens with zero attached hydrogens (tertiary/aromatic N) is 1. The molecule has 2 bridgehead atoms. The zero-order valence-electron chi connectivity index (χ0n) is 14.4. The first kappa shape index (κ1) is 15.4. The van der Waals surface area contributed by atoms with E-state index in [-0.39, 0.29) is 6.29 Å². The van der Waals surface area contributed by atoms with Gasteiger partial charge in [-0.1, -0.05) is 20.3 Å². The molecule has 3 heteroatoms. The van der Waals surface area contributed by atoms with Gasteiger partial charge < -0.3 is 14.4 Å². The number of piperidine rings is 1. The minimum atomic E-state index is 0.0680. The van der Waals surface area contributed by atoms with Crippen LogP contribution in [0.2, 0.25) is 0 Å². The summed E-state index contributed by atoms with van der Waals surface area (Å²) in [6.07, 6.45) is 9.99. The van der Waals surface area contributed by atoms with Crippen LogP contribution in [-0.4, -0.2) is 43.5 Å². The van der Waals surface area contributed by atoms with Gasteiger partial charge in [0.1, 0.15) is 0 Å². The molecule has 0 N–H and O–H groups in total. The van der Waals surface area contributed by atoms with Gasteiger partial charge in [-0.15, -0.1) is 0 Å². The van der Waals surface area contributed by atoms with Crippen molar-refractivity contribution < 1.29 is 9.47 Å². The van der Waals surface area contributed by atoms with E-state index in [1.165, 1.54) is 51.6 Å². The highest BCUT2D eigenvalue weighted by Crippen LogP contribution is 2.60. The molecule has 0 spiro atoms. The van der Waals surface area contributed by atoms with Crippen LogP contribution < -0.4 is 0 Å². The van der Waals surface area contributed by atoms with Crippen LogP contribution in [0.1, 0.15) is 58.8 Å². The van der Waals surface area contributed by atoms with Crippen molar-refractivity contribution in [1.29, 1.82) is 0 Å². The Morgan fingerprint density at radius 3 is 2.64 bits per heavy atom. The lowest BCUT2D eigenvalue weighted by Gasteiger charge is -2.39. The van der Waals surface area contributed by atoms with Crippen molar-refractivity contribution in [2.75, 3.05) is 26.2 Å². The number of hydrogen-bond acceptors (Lipinski definition) is 3. The second-order valence-corrected chi connectivity index (χ2v) is 8.82. The lowest BCUT2D eigenvalue weighted by Crippen LogP contribution is -2.38. The van der Waals surface area contributed by atoms with Gasteiger partial charge in [-0.25, -0.2) is 0 Å². The van der Waals surface area contributed by atoms with E-state index >= 15 is 0 Å². The van der Waals surface area contributed by atoms with Gasteiger partial charge >= 0.3 is 0 Å². The first-order valence-corrected chi connectivity index (χ1v) is 9.62. The Balaban J connectivity index is 1.28. The summed E-state index contributed by atoms with van der Waals surface area (Å²) in [5.74, 6) is 2.70. The smallest absolute Gasteiger partial charge is 0.158 e. The molecule has 4 rings (SSSR count). The molecule has 2 heterocycles. The maximum atomic E-state index is 6.26. The van der Waals surface area contributed by atoms with Crippen molar-refractivity contribution in [3.8, 4) is 0 Å². The minimum absolute atomic E-state index is 0.0680. The highest BCUT2D eigenvalue weighted by molar-refractivity contribution is 5.02. The molecular formula is C19H33NO2. The van der Waals surface area contributed by atoms with Crippen molar-refractivity contribution in [2.24, 2.45) is 23.2 Å². The van der Waals surface area contributed by atoms with Crippen LogP contribution in [0.5, 0.6) is 0 Å². The average Bonchev–Trinajstić information content (AvgIpc) is 3.19. The molecule has 0 aromatic heterocycles. The second kappa shape index (κ2) is 6.07. The summed E-state index contributed by atoms with van der Waals surface area (Å²) in [7, 11) is 0. The molecule has 4 fully saturated rings. The zero-order valence-corrected chi connectivity index (χ0v) is 14.4. The molecule has 0 radical (unpaired) electrons. The number of ether oxygens (including phenoxy) is 2. The number of likely N-dealkylation sites (tertiary alicyclic amines) is 1. The molecule has 2 saturated carbocycles. The maximum absolute atomic E-state index is 6.26. The fourth-order valence-electron chi connectivity index (χ4n) is 5.83. The van der Waals surface area contributed by atoms with E-state index in [2.05, 4.69) is 18.7 Å². The van der Waals surface area contributed by atoms with Gasteiger partial charge in [0.05, 0.1) is 12.7 Å². The van der Waals surface area contributed by atoms with E-state index in [1.807, 2.05) is 0 Å². The Kier molecular flexibility index (Phi) is 4.25. The highest BCUT2D eigenvalue weighted by Gasteiger charge is 2.53. The lowest BCUT2D eigenvalue weighted by atomic mass is 9.67. The molecule has 3 nitrogen and oxygen atoms in total. The van der Waals surface area contributed by atoms with Crippen molar-refractivity contribution in [2.45, 2.75) is 71.2 Å². The molecule has 5 atom stereocenters. The van der Waals surface area contributed by atoms with E-state index in [9.17, 15) is 0 Å². The topological polar surface area (TPSA) is 21.7 Å². The first-order chi connectivity index (χ1) is 10.6. The monoisotopic (exact) mass is 307 g/mol. The Morgan fingerprint density at radius 2 is 1.91 bits per heavy atom. The van der Waals surface area contributed by atoms with Crippen LogP contribution in [0.3, 0.4) is 0 Å². The van der Waals surface area contributed by atoms with E-state index < -0.39 is 0 Å². The third-order valence-electron chi connectivity index (χ3n) is 7.22. The highest BCUT2D eigenvalue weighted by atomic mass is 16.7. The predicted molar refractivity (Wildman–Crippen MR) is 87.6 cm³/mol. The summed E-state index contributed by atoms with van der Waals surface area (Å²) in [5, 5.41) is 0. The summed E-state index contributed by atoms with van der Waals surface area (Å²) < 4.78 is 12.3. The maximum Gasteiger partial charge on any atom is 0.158 e. The van der Waals surface area contributed by atoms with Crippen molar-refractivity contribution >= 4 is 0 Å². The average molecular weight is 307 g/mol. The number of fused-ring (bicyclic) bond motifs is 2. The summed E-state index contributed by atoms with van der Waals surface area (Å²) in [6, 6.07) is 0. The van der Waals surface area contributed by atoms with Gasteiger partial charge in [0.2, 0.25) is 0 Å². The molecule has 126 valence electrons. The third kappa shape index (κ3) is 2.85.